The number of hydrogen-bond donors (Lipinski definition) is 1. The lowest BCUT2D eigenvalue weighted by Crippen LogP contribution is -2.56. The lowest BCUT2D eigenvalue weighted by atomic mass is 10.1. The predicted octanol–water partition coefficient (Wildman–Crippen LogP) is 1.66. The number of benzene rings is 1. The van der Waals surface area contributed by atoms with Gasteiger partial charge in [0.2, 0.25) is 0 Å². The maximum Gasteiger partial charge on any atom is 0.310 e. The van der Waals surface area contributed by atoms with Crippen LogP contribution in [0.2, 0.25) is 5.02 Å². The molecule has 6 heteroatoms. The molecule has 0 aromatic heterocycles. The van der Waals surface area contributed by atoms with Crippen molar-refractivity contribution in [2.24, 2.45) is 0 Å². The quantitative estimate of drug-likeness (QED) is 0.646. The van der Waals surface area contributed by atoms with Crippen LogP contribution in [0.1, 0.15) is 0 Å². The number of nitro groups is 1. The summed E-state index contributed by atoms with van der Waals surface area (Å²) in [6.07, 6.45) is 0. The molecule has 86 valence electrons. The lowest BCUT2D eigenvalue weighted by molar-refractivity contribution is -0.384. The summed E-state index contributed by atoms with van der Waals surface area (Å²) in [6.45, 7) is 1.69. The fraction of sp³-hybridized carbons (Fsp3) is 0.400. The molecular weight excluding hydrogens is 230 g/mol. The van der Waals surface area contributed by atoms with Crippen molar-refractivity contribution in [3.05, 3.63) is 33.3 Å². The molecule has 1 saturated heterocycles. The number of halogens is 1. The number of para-hydroxylation sites is 1. The van der Waals surface area contributed by atoms with Crippen LogP contribution in [0, 0.1) is 10.1 Å². The molecule has 1 aliphatic heterocycles. The van der Waals surface area contributed by atoms with Gasteiger partial charge < -0.3 is 10.2 Å². The molecule has 1 aliphatic rings. The molecule has 0 spiro atoms. The standard InChI is InChI=1S/C10H12ClN3O2/c1-13(7-5-12-6-7)9-4-2-3-8(11)10(9)14(15)16/h2-4,7,12H,5-6H2,1H3. The molecule has 5 nitrogen and oxygen atoms in total. The van der Waals surface area contributed by atoms with Crippen LogP contribution in [0.5, 0.6) is 0 Å². The Morgan fingerprint density at radius 3 is 2.75 bits per heavy atom. The van der Waals surface area contributed by atoms with Crippen LogP contribution >= 0.6 is 11.6 Å². The molecule has 0 unspecified atom stereocenters. The molecule has 1 aromatic rings. The Morgan fingerprint density at radius 2 is 2.25 bits per heavy atom. The summed E-state index contributed by atoms with van der Waals surface area (Å²) in [5.41, 5.74) is 0.558. The van der Waals surface area contributed by atoms with Crippen molar-refractivity contribution in [3.8, 4) is 0 Å². The van der Waals surface area contributed by atoms with Crippen LogP contribution in [0.15, 0.2) is 18.2 Å². The van der Waals surface area contributed by atoms with E-state index >= 15 is 0 Å². The lowest BCUT2D eigenvalue weighted by Gasteiger charge is -2.36. The van der Waals surface area contributed by atoms with Gasteiger partial charge in [0, 0.05) is 20.1 Å². The maximum atomic E-state index is 11.0. The van der Waals surface area contributed by atoms with Gasteiger partial charge >= 0.3 is 5.69 Å². The molecule has 0 atom stereocenters. The Bertz CT molecular complexity index is 421. The molecule has 0 amide bonds. The topological polar surface area (TPSA) is 58.4 Å². The van der Waals surface area contributed by atoms with E-state index in [0.29, 0.717) is 11.7 Å². The van der Waals surface area contributed by atoms with E-state index in [0.717, 1.165) is 13.1 Å². The molecule has 1 aromatic carbocycles. The van der Waals surface area contributed by atoms with Gasteiger partial charge in [-0.3, -0.25) is 10.1 Å². The zero-order valence-corrected chi connectivity index (χ0v) is 9.57. The van der Waals surface area contributed by atoms with Gasteiger partial charge in [0.05, 0.1) is 11.0 Å². The fourth-order valence-corrected chi connectivity index (χ4v) is 1.95. The molecule has 16 heavy (non-hydrogen) atoms. The summed E-state index contributed by atoms with van der Waals surface area (Å²) in [4.78, 5) is 12.4. The zero-order valence-electron chi connectivity index (χ0n) is 8.81. The first-order chi connectivity index (χ1) is 7.61. The van der Waals surface area contributed by atoms with E-state index in [2.05, 4.69) is 5.32 Å². The number of nitro benzene ring substituents is 1. The summed E-state index contributed by atoms with van der Waals surface area (Å²) >= 11 is 5.85. The van der Waals surface area contributed by atoms with Crippen molar-refractivity contribution in [2.75, 3.05) is 25.0 Å². The van der Waals surface area contributed by atoms with Gasteiger partial charge in [-0.1, -0.05) is 17.7 Å². The number of likely N-dealkylation sites (N-methyl/N-ethyl adjacent to an activating group) is 1. The zero-order chi connectivity index (χ0) is 11.7. The third kappa shape index (κ3) is 1.83. The molecule has 0 bridgehead atoms. The van der Waals surface area contributed by atoms with Crippen LogP contribution in [0.3, 0.4) is 0 Å². The Balaban J connectivity index is 2.38. The Labute approximate surface area is 98.2 Å². The molecule has 2 rings (SSSR count). The van der Waals surface area contributed by atoms with Gasteiger partial charge in [0.15, 0.2) is 0 Å². The van der Waals surface area contributed by atoms with Gasteiger partial charge in [-0.25, -0.2) is 0 Å². The second-order valence-electron chi connectivity index (χ2n) is 3.79. The van der Waals surface area contributed by atoms with E-state index in [9.17, 15) is 10.1 Å². The monoisotopic (exact) mass is 241 g/mol. The van der Waals surface area contributed by atoms with Crippen molar-refractivity contribution in [1.82, 2.24) is 5.32 Å². The highest BCUT2D eigenvalue weighted by Gasteiger charge is 2.28. The minimum atomic E-state index is -0.430. The molecule has 1 fully saturated rings. The molecule has 1 heterocycles. The van der Waals surface area contributed by atoms with Crippen LogP contribution in [-0.4, -0.2) is 31.1 Å². The molecule has 1 N–H and O–H groups in total. The third-order valence-electron chi connectivity index (χ3n) is 2.84. The number of nitrogens with zero attached hydrogens (tertiary/aromatic N) is 2. The second kappa shape index (κ2) is 4.27. The van der Waals surface area contributed by atoms with Gasteiger partial charge in [-0.15, -0.1) is 0 Å². The highest BCUT2D eigenvalue weighted by Crippen LogP contribution is 2.35. The molecule has 0 aliphatic carbocycles. The smallest absolute Gasteiger partial charge is 0.310 e. The van der Waals surface area contributed by atoms with Crippen molar-refractivity contribution in [3.63, 3.8) is 0 Å². The highest BCUT2D eigenvalue weighted by molar-refractivity contribution is 6.33. The first-order valence-corrected chi connectivity index (χ1v) is 5.35. The maximum absolute atomic E-state index is 11.0. The molecule has 0 radical (unpaired) electrons. The molecule has 0 saturated carbocycles. The largest absolute Gasteiger partial charge is 0.363 e. The number of nitrogens with one attached hydrogen (secondary N) is 1. The van der Waals surface area contributed by atoms with E-state index in [-0.39, 0.29) is 10.7 Å². The summed E-state index contributed by atoms with van der Waals surface area (Å²) in [5.74, 6) is 0. The van der Waals surface area contributed by atoms with Gasteiger partial charge in [0.1, 0.15) is 10.7 Å². The van der Waals surface area contributed by atoms with Crippen molar-refractivity contribution < 1.29 is 4.92 Å². The Hall–Kier alpha value is -1.33. The van der Waals surface area contributed by atoms with Crippen LogP contribution in [0.25, 0.3) is 0 Å². The summed E-state index contributed by atoms with van der Waals surface area (Å²) in [6, 6.07) is 5.29. The van der Waals surface area contributed by atoms with E-state index in [1.807, 2.05) is 11.9 Å². The SMILES string of the molecule is CN(c1cccc(Cl)c1[N+](=O)[O-])C1CNC1. The number of anilines is 1. The van der Waals surface area contributed by atoms with Crippen molar-refractivity contribution >= 4 is 23.0 Å². The van der Waals surface area contributed by atoms with Crippen LogP contribution in [-0.2, 0) is 0 Å². The molecular formula is C10H12ClN3O2. The highest BCUT2D eigenvalue weighted by atomic mass is 35.5. The average Bonchev–Trinajstić information content (AvgIpc) is 2.13. The van der Waals surface area contributed by atoms with Crippen LogP contribution in [0.4, 0.5) is 11.4 Å². The van der Waals surface area contributed by atoms with Gasteiger partial charge in [0.25, 0.3) is 0 Å². The summed E-state index contributed by atoms with van der Waals surface area (Å²) in [5, 5.41) is 14.3. The fourth-order valence-electron chi connectivity index (χ4n) is 1.71. The normalized spacial score (nSPS) is 15.6. The van der Waals surface area contributed by atoms with E-state index in [4.69, 9.17) is 11.6 Å². The van der Waals surface area contributed by atoms with E-state index in [1.54, 1.807) is 12.1 Å². The third-order valence-corrected chi connectivity index (χ3v) is 3.14. The van der Waals surface area contributed by atoms with Gasteiger partial charge in [-0.2, -0.15) is 0 Å². The minimum absolute atomic E-state index is 0.0152. The first-order valence-electron chi connectivity index (χ1n) is 4.97. The summed E-state index contributed by atoms with van der Waals surface area (Å²) < 4.78 is 0. The summed E-state index contributed by atoms with van der Waals surface area (Å²) in [7, 11) is 1.85. The van der Waals surface area contributed by atoms with E-state index in [1.165, 1.54) is 6.07 Å². The van der Waals surface area contributed by atoms with Gasteiger partial charge in [-0.05, 0) is 12.1 Å². The Morgan fingerprint density at radius 1 is 1.56 bits per heavy atom. The number of rotatable bonds is 3. The number of hydrogen-bond acceptors (Lipinski definition) is 4. The minimum Gasteiger partial charge on any atom is -0.363 e. The first kappa shape index (κ1) is 11.2. The van der Waals surface area contributed by atoms with Crippen molar-refractivity contribution in [2.45, 2.75) is 6.04 Å². The Kier molecular flexibility index (Phi) is 2.98. The predicted molar refractivity (Wildman–Crippen MR) is 63.2 cm³/mol. The average molecular weight is 242 g/mol. The second-order valence-corrected chi connectivity index (χ2v) is 4.19. The van der Waals surface area contributed by atoms with Crippen molar-refractivity contribution in [1.29, 1.82) is 0 Å². The van der Waals surface area contributed by atoms with Crippen LogP contribution < -0.4 is 10.2 Å². The van der Waals surface area contributed by atoms with E-state index < -0.39 is 4.92 Å².